The number of hydrogen-bond acceptors (Lipinski definition) is 2. The summed E-state index contributed by atoms with van der Waals surface area (Å²) in [5.41, 5.74) is 2.20. The lowest BCUT2D eigenvalue weighted by atomic mass is 10.1. The molecule has 1 aromatic heterocycles. The van der Waals surface area contributed by atoms with E-state index in [1.165, 1.54) is 0 Å². The van der Waals surface area contributed by atoms with Gasteiger partial charge in [-0.05, 0) is 30.7 Å². The summed E-state index contributed by atoms with van der Waals surface area (Å²) in [5, 5.41) is 7.28. The lowest BCUT2D eigenvalue weighted by Crippen LogP contribution is -2.15. The second kappa shape index (κ2) is 4.90. The number of aromatic nitrogens is 2. The number of H-pyrrole nitrogens is 1. The van der Waals surface area contributed by atoms with Crippen LogP contribution in [0.15, 0.2) is 29.1 Å². The first kappa shape index (κ1) is 12.1. The number of nitrogens with zero attached hydrogens (tertiary/aromatic N) is 1. The van der Waals surface area contributed by atoms with Gasteiger partial charge in [-0.2, -0.15) is 5.10 Å². The summed E-state index contributed by atoms with van der Waals surface area (Å²) in [6.45, 7) is 1.83. The monoisotopic (exact) mass is 268 g/mol. The standard InChI is InChI=1S/C12H10Cl2N2O/c1-7-4-9(12(17)16-15-7)5-8-2-3-10(13)11(14)6-8/h2-4,6H,5H2,1H3,(H,16,17). The molecule has 0 radical (unpaired) electrons. The summed E-state index contributed by atoms with van der Waals surface area (Å²) < 4.78 is 0. The number of aryl methyl sites for hydroxylation is 1. The van der Waals surface area contributed by atoms with Gasteiger partial charge in [-0.3, -0.25) is 4.79 Å². The van der Waals surface area contributed by atoms with Gasteiger partial charge >= 0.3 is 0 Å². The molecule has 0 fully saturated rings. The second-order valence-electron chi connectivity index (χ2n) is 3.79. The molecule has 5 heteroatoms. The molecule has 88 valence electrons. The molecule has 2 rings (SSSR count). The molecular formula is C12H10Cl2N2O. The summed E-state index contributed by atoms with van der Waals surface area (Å²) in [6, 6.07) is 7.10. The summed E-state index contributed by atoms with van der Waals surface area (Å²) >= 11 is 11.8. The van der Waals surface area contributed by atoms with Gasteiger partial charge in [-0.25, -0.2) is 5.10 Å². The van der Waals surface area contributed by atoms with E-state index in [0.29, 0.717) is 22.0 Å². The zero-order valence-electron chi connectivity index (χ0n) is 9.13. The van der Waals surface area contributed by atoms with E-state index in [4.69, 9.17) is 23.2 Å². The predicted molar refractivity (Wildman–Crippen MR) is 68.9 cm³/mol. The minimum absolute atomic E-state index is 0.179. The largest absolute Gasteiger partial charge is 0.268 e. The average molecular weight is 269 g/mol. The normalized spacial score (nSPS) is 10.5. The molecule has 0 aliphatic heterocycles. The van der Waals surface area contributed by atoms with E-state index in [-0.39, 0.29) is 5.56 Å². The van der Waals surface area contributed by atoms with Gasteiger partial charge in [0.1, 0.15) is 0 Å². The maximum Gasteiger partial charge on any atom is 0.267 e. The van der Waals surface area contributed by atoms with Crippen LogP contribution < -0.4 is 5.56 Å². The summed E-state index contributed by atoms with van der Waals surface area (Å²) in [6.07, 6.45) is 0.510. The third-order valence-corrected chi connectivity index (χ3v) is 3.13. The van der Waals surface area contributed by atoms with Crippen LogP contribution >= 0.6 is 23.2 Å². The van der Waals surface area contributed by atoms with Crippen LogP contribution in [0.2, 0.25) is 10.0 Å². The van der Waals surface area contributed by atoms with Crippen LogP contribution in [0.3, 0.4) is 0 Å². The molecule has 1 aromatic carbocycles. The maximum atomic E-state index is 11.6. The molecule has 0 aliphatic rings. The van der Waals surface area contributed by atoms with Gasteiger partial charge in [0.25, 0.3) is 5.56 Å². The molecule has 17 heavy (non-hydrogen) atoms. The Balaban J connectivity index is 2.34. The van der Waals surface area contributed by atoms with Crippen LogP contribution in [0.25, 0.3) is 0 Å². The quantitative estimate of drug-likeness (QED) is 0.910. The molecule has 0 spiro atoms. The molecule has 1 heterocycles. The third kappa shape index (κ3) is 2.87. The first-order valence-corrected chi connectivity index (χ1v) is 5.81. The Morgan fingerprint density at radius 1 is 1.24 bits per heavy atom. The van der Waals surface area contributed by atoms with E-state index in [2.05, 4.69) is 10.2 Å². The molecule has 3 nitrogen and oxygen atoms in total. The summed E-state index contributed by atoms with van der Waals surface area (Å²) in [4.78, 5) is 11.6. The Morgan fingerprint density at radius 2 is 2.00 bits per heavy atom. The molecule has 1 N–H and O–H groups in total. The number of hydrogen-bond donors (Lipinski definition) is 1. The van der Waals surface area contributed by atoms with E-state index < -0.39 is 0 Å². The van der Waals surface area contributed by atoms with Crippen LogP contribution in [0, 0.1) is 6.92 Å². The van der Waals surface area contributed by atoms with Crippen molar-refractivity contribution in [3.8, 4) is 0 Å². The summed E-state index contributed by atoms with van der Waals surface area (Å²) in [5.74, 6) is 0. The van der Waals surface area contributed by atoms with Gasteiger partial charge in [0, 0.05) is 12.0 Å². The first-order valence-electron chi connectivity index (χ1n) is 5.05. The predicted octanol–water partition coefficient (Wildman–Crippen LogP) is 2.98. The number of halogens is 2. The highest BCUT2D eigenvalue weighted by Crippen LogP contribution is 2.23. The highest BCUT2D eigenvalue weighted by Gasteiger charge is 2.05. The van der Waals surface area contributed by atoms with Crippen molar-refractivity contribution < 1.29 is 0 Å². The number of aromatic amines is 1. The van der Waals surface area contributed by atoms with Crippen molar-refractivity contribution in [2.75, 3.05) is 0 Å². The molecule has 0 bridgehead atoms. The zero-order chi connectivity index (χ0) is 12.4. The SMILES string of the molecule is Cc1cc(Cc2ccc(Cl)c(Cl)c2)c(=O)[nH]n1. The van der Waals surface area contributed by atoms with Gasteiger partial charge in [0.05, 0.1) is 15.7 Å². The van der Waals surface area contributed by atoms with Crippen molar-refractivity contribution in [2.24, 2.45) is 0 Å². The number of benzene rings is 1. The van der Waals surface area contributed by atoms with Crippen molar-refractivity contribution in [1.29, 1.82) is 0 Å². The second-order valence-corrected chi connectivity index (χ2v) is 4.60. The van der Waals surface area contributed by atoms with Gasteiger partial charge in [-0.1, -0.05) is 29.3 Å². The Kier molecular flexibility index (Phi) is 3.50. The van der Waals surface area contributed by atoms with E-state index >= 15 is 0 Å². The fourth-order valence-electron chi connectivity index (χ4n) is 1.56. The van der Waals surface area contributed by atoms with Crippen LogP contribution in [0.5, 0.6) is 0 Å². The molecule has 0 atom stereocenters. The van der Waals surface area contributed by atoms with Crippen LogP contribution in [-0.2, 0) is 6.42 Å². The maximum absolute atomic E-state index is 11.6. The van der Waals surface area contributed by atoms with E-state index in [9.17, 15) is 4.79 Å². The van der Waals surface area contributed by atoms with E-state index in [0.717, 1.165) is 11.3 Å². The molecule has 0 saturated carbocycles. The molecular weight excluding hydrogens is 259 g/mol. The van der Waals surface area contributed by atoms with Gasteiger partial charge in [0.2, 0.25) is 0 Å². The Morgan fingerprint density at radius 3 is 2.71 bits per heavy atom. The fourth-order valence-corrected chi connectivity index (χ4v) is 1.88. The molecule has 2 aromatic rings. The molecule has 0 saturated heterocycles. The van der Waals surface area contributed by atoms with Crippen LogP contribution in [0.1, 0.15) is 16.8 Å². The van der Waals surface area contributed by atoms with Gasteiger partial charge < -0.3 is 0 Å². The Labute approximate surface area is 108 Å². The first-order chi connectivity index (χ1) is 8.06. The molecule has 0 aliphatic carbocycles. The highest BCUT2D eigenvalue weighted by molar-refractivity contribution is 6.42. The highest BCUT2D eigenvalue weighted by atomic mass is 35.5. The molecule has 0 amide bonds. The van der Waals surface area contributed by atoms with Crippen molar-refractivity contribution in [3.63, 3.8) is 0 Å². The lowest BCUT2D eigenvalue weighted by molar-refractivity contribution is 0.913. The van der Waals surface area contributed by atoms with Gasteiger partial charge in [-0.15, -0.1) is 0 Å². The van der Waals surface area contributed by atoms with E-state index in [1.807, 2.05) is 13.0 Å². The molecule has 0 unspecified atom stereocenters. The summed E-state index contributed by atoms with van der Waals surface area (Å²) in [7, 11) is 0. The van der Waals surface area contributed by atoms with Crippen molar-refractivity contribution >= 4 is 23.2 Å². The fraction of sp³-hybridized carbons (Fsp3) is 0.167. The number of nitrogens with one attached hydrogen (secondary N) is 1. The van der Waals surface area contributed by atoms with Crippen molar-refractivity contribution in [3.05, 3.63) is 61.5 Å². The minimum atomic E-state index is -0.179. The van der Waals surface area contributed by atoms with Crippen molar-refractivity contribution in [1.82, 2.24) is 10.2 Å². The lowest BCUT2D eigenvalue weighted by Gasteiger charge is -2.03. The van der Waals surface area contributed by atoms with Gasteiger partial charge in [0.15, 0.2) is 0 Å². The third-order valence-electron chi connectivity index (χ3n) is 2.39. The average Bonchev–Trinajstić information content (AvgIpc) is 2.29. The Bertz CT molecular complexity index is 608. The Hall–Kier alpha value is -1.32. The van der Waals surface area contributed by atoms with Crippen molar-refractivity contribution in [2.45, 2.75) is 13.3 Å². The number of rotatable bonds is 2. The topological polar surface area (TPSA) is 45.8 Å². The van der Waals surface area contributed by atoms with E-state index in [1.54, 1.807) is 18.2 Å². The minimum Gasteiger partial charge on any atom is -0.268 e. The zero-order valence-corrected chi connectivity index (χ0v) is 10.6. The smallest absolute Gasteiger partial charge is 0.267 e. The van der Waals surface area contributed by atoms with Crippen LogP contribution in [-0.4, -0.2) is 10.2 Å². The van der Waals surface area contributed by atoms with Crippen LogP contribution in [0.4, 0.5) is 0 Å².